The van der Waals surface area contributed by atoms with E-state index in [0.29, 0.717) is 24.2 Å². The van der Waals surface area contributed by atoms with Gasteiger partial charge in [0.25, 0.3) is 5.91 Å². The lowest BCUT2D eigenvalue weighted by molar-refractivity contribution is -0.141. The van der Waals surface area contributed by atoms with E-state index in [1.54, 1.807) is 6.07 Å². The molecule has 4 nitrogen and oxygen atoms in total. The Morgan fingerprint density at radius 2 is 2.04 bits per heavy atom. The summed E-state index contributed by atoms with van der Waals surface area (Å²) in [6.07, 6.45) is -2.45. The number of benzene rings is 1. The third-order valence-electron chi connectivity index (χ3n) is 4.62. The Bertz CT molecular complexity index is 857. The van der Waals surface area contributed by atoms with Gasteiger partial charge in [0.15, 0.2) is 5.69 Å². The lowest BCUT2D eigenvalue weighted by atomic mass is 10.1. The van der Waals surface area contributed by atoms with E-state index in [0.717, 1.165) is 24.0 Å². The minimum Gasteiger partial charge on any atom is -0.352 e. The highest BCUT2D eigenvalue weighted by Gasteiger charge is 2.41. The molecule has 0 atom stereocenters. The van der Waals surface area contributed by atoms with Crippen LogP contribution in [0.3, 0.4) is 0 Å². The van der Waals surface area contributed by atoms with E-state index >= 15 is 0 Å². The predicted molar refractivity (Wildman–Crippen MR) is 97.1 cm³/mol. The van der Waals surface area contributed by atoms with E-state index in [2.05, 4.69) is 10.4 Å². The van der Waals surface area contributed by atoms with Crippen molar-refractivity contribution in [2.45, 2.75) is 51.7 Å². The van der Waals surface area contributed by atoms with Crippen LogP contribution in [0.1, 0.15) is 58.1 Å². The highest BCUT2D eigenvalue weighted by Crippen LogP contribution is 2.46. The van der Waals surface area contributed by atoms with Crippen LogP contribution in [0.25, 0.3) is 0 Å². The van der Waals surface area contributed by atoms with Crippen molar-refractivity contribution in [2.24, 2.45) is 0 Å². The first kappa shape index (κ1) is 19.7. The average molecular weight is 400 g/mol. The van der Waals surface area contributed by atoms with Crippen LogP contribution < -0.4 is 5.32 Å². The predicted octanol–water partition coefficient (Wildman–Crippen LogP) is 4.87. The number of amides is 1. The largest absolute Gasteiger partial charge is 0.436 e. The molecule has 0 bridgehead atoms. The topological polar surface area (TPSA) is 46.9 Å². The molecule has 1 N–H and O–H groups in total. The molecule has 3 rings (SSSR count). The van der Waals surface area contributed by atoms with Gasteiger partial charge in [0, 0.05) is 24.6 Å². The van der Waals surface area contributed by atoms with Gasteiger partial charge in [0.1, 0.15) is 0 Å². The Labute approximate surface area is 160 Å². The first-order valence-electron chi connectivity index (χ1n) is 8.87. The number of rotatable bonds is 6. The number of alkyl halides is 3. The van der Waals surface area contributed by atoms with Gasteiger partial charge < -0.3 is 5.32 Å². The number of nitrogens with zero attached hydrogens (tertiary/aromatic N) is 2. The lowest BCUT2D eigenvalue weighted by Crippen LogP contribution is -2.26. The molecule has 0 saturated heterocycles. The zero-order valence-electron chi connectivity index (χ0n) is 15.2. The van der Waals surface area contributed by atoms with Crippen LogP contribution in [0, 0.1) is 13.8 Å². The fourth-order valence-corrected chi connectivity index (χ4v) is 3.54. The minimum atomic E-state index is -4.57. The summed E-state index contributed by atoms with van der Waals surface area (Å²) in [7, 11) is 0. The maximum Gasteiger partial charge on any atom is 0.436 e. The number of nitrogens with one attached hydrogen (secondary N) is 1. The molecule has 0 aliphatic heterocycles. The third kappa shape index (κ3) is 4.46. The van der Waals surface area contributed by atoms with E-state index in [1.165, 1.54) is 4.68 Å². The van der Waals surface area contributed by atoms with Gasteiger partial charge in [-0.25, -0.2) is 0 Å². The summed E-state index contributed by atoms with van der Waals surface area (Å²) in [6, 6.07) is 5.57. The van der Waals surface area contributed by atoms with Gasteiger partial charge in [-0.05, 0) is 44.7 Å². The second-order valence-corrected chi connectivity index (χ2v) is 7.35. The van der Waals surface area contributed by atoms with Crippen LogP contribution in [0.15, 0.2) is 18.2 Å². The van der Waals surface area contributed by atoms with E-state index in [1.807, 2.05) is 26.0 Å². The van der Waals surface area contributed by atoms with Crippen molar-refractivity contribution >= 4 is 17.5 Å². The molecule has 0 radical (unpaired) electrons. The zero-order valence-corrected chi connectivity index (χ0v) is 15.9. The van der Waals surface area contributed by atoms with Crippen LogP contribution in [0.5, 0.6) is 0 Å². The monoisotopic (exact) mass is 399 g/mol. The van der Waals surface area contributed by atoms with Crippen LogP contribution >= 0.6 is 11.6 Å². The number of aromatic nitrogens is 2. The molecule has 27 heavy (non-hydrogen) atoms. The first-order valence-corrected chi connectivity index (χ1v) is 9.25. The molecule has 1 saturated carbocycles. The van der Waals surface area contributed by atoms with Crippen molar-refractivity contribution in [3.8, 4) is 0 Å². The van der Waals surface area contributed by atoms with Gasteiger partial charge in [-0.15, -0.1) is 0 Å². The summed E-state index contributed by atoms with van der Waals surface area (Å²) in [5.41, 5.74) is 2.00. The van der Waals surface area contributed by atoms with E-state index in [9.17, 15) is 18.0 Å². The van der Waals surface area contributed by atoms with Crippen molar-refractivity contribution in [3.05, 3.63) is 51.3 Å². The second kappa shape index (κ2) is 7.54. The Morgan fingerprint density at radius 1 is 1.33 bits per heavy atom. The Morgan fingerprint density at radius 3 is 2.63 bits per heavy atom. The summed E-state index contributed by atoms with van der Waals surface area (Å²) < 4.78 is 40.5. The molecule has 0 unspecified atom stereocenters. The smallest absolute Gasteiger partial charge is 0.352 e. The molecule has 1 amide bonds. The third-order valence-corrected chi connectivity index (χ3v) is 5.00. The number of aryl methyl sites for hydroxylation is 3. The maximum atomic E-state index is 13.1. The fourth-order valence-electron chi connectivity index (χ4n) is 3.15. The molecule has 0 spiro atoms. The molecule has 1 fully saturated rings. The number of hydrogen-bond donors (Lipinski definition) is 1. The van der Waals surface area contributed by atoms with Crippen molar-refractivity contribution in [2.75, 3.05) is 6.54 Å². The highest BCUT2D eigenvalue weighted by atomic mass is 35.5. The normalized spacial score (nSPS) is 14.4. The SMILES string of the molecule is Cc1ccc(C(=O)NCCCn2nc(C(F)(F)F)c(Cl)c2C2CC2)c(C)c1. The summed E-state index contributed by atoms with van der Waals surface area (Å²) in [6.45, 7) is 4.44. The van der Waals surface area contributed by atoms with Crippen LogP contribution in [-0.2, 0) is 12.7 Å². The number of hydrogen-bond acceptors (Lipinski definition) is 2. The van der Waals surface area contributed by atoms with E-state index in [4.69, 9.17) is 11.6 Å². The van der Waals surface area contributed by atoms with Gasteiger partial charge in [-0.2, -0.15) is 18.3 Å². The van der Waals surface area contributed by atoms with Gasteiger partial charge in [0.2, 0.25) is 0 Å². The molecule has 1 aliphatic rings. The van der Waals surface area contributed by atoms with Gasteiger partial charge in [-0.3, -0.25) is 9.48 Å². The van der Waals surface area contributed by atoms with Crippen molar-refractivity contribution < 1.29 is 18.0 Å². The molecule has 1 aromatic heterocycles. The summed E-state index contributed by atoms with van der Waals surface area (Å²) >= 11 is 5.95. The quantitative estimate of drug-likeness (QED) is 0.704. The van der Waals surface area contributed by atoms with E-state index in [-0.39, 0.29) is 23.4 Å². The average Bonchev–Trinajstić information content (AvgIpc) is 3.34. The van der Waals surface area contributed by atoms with Crippen LogP contribution in [0.2, 0.25) is 5.02 Å². The van der Waals surface area contributed by atoms with Crippen molar-refractivity contribution in [1.82, 2.24) is 15.1 Å². The first-order chi connectivity index (χ1) is 12.7. The Kier molecular flexibility index (Phi) is 5.51. The molecule has 1 aliphatic carbocycles. The molecule has 1 aromatic carbocycles. The van der Waals surface area contributed by atoms with Crippen molar-refractivity contribution in [3.63, 3.8) is 0 Å². The van der Waals surface area contributed by atoms with Crippen molar-refractivity contribution in [1.29, 1.82) is 0 Å². The molecular weight excluding hydrogens is 379 g/mol. The Balaban J connectivity index is 1.61. The summed E-state index contributed by atoms with van der Waals surface area (Å²) in [5.74, 6) is -0.143. The highest BCUT2D eigenvalue weighted by molar-refractivity contribution is 6.32. The second-order valence-electron chi connectivity index (χ2n) is 6.97. The lowest BCUT2D eigenvalue weighted by Gasteiger charge is -2.10. The molecule has 1 heterocycles. The van der Waals surface area contributed by atoms with Gasteiger partial charge >= 0.3 is 6.18 Å². The maximum absolute atomic E-state index is 13.1. The molecule has 8 heteroatoms. The zero-order chi connectivity index (χ0) is 19.8. The fraction of sp³-hybridized carbons (Fsp3) is 0.474. The van der Waals surface area contributed by atoms with Gasteiger partial charge in [-0.1, -0.05) is 29.3 Å². The number of carbonyl (C=O) groups is 1. The summed E-state index contributed by atoms with van der Waals surface area (Å²) in [5, 5.41) is 6.21. The van der Waals surface area contributed by atoms with E-state index < -0.39 is 11.9 Å². The Hall–Kier alpha value is -2.02. The standard InChI is InChI=1S/C19H21ClF3N3O/c1-11-4-7-14(12(2)10-11)18(27)24-8-3-9-26-16(13-5-6-13)15(20)17(25-26)19(21,22)23/h4,7,10,13H,3,5-6,8-9H2,1-2H3,(H,24,27). The molecule has 2 aromatic rings. The number of halogens is 4. The number of carbonyl (C=O) groups excluding carboxylic acids is 1. The summed E-state index contributed by atoms with van der Waals surface area (Å²) in [4.78, 5) is 12.3. The minimum absolute atomic E-state index is 0.0471. The van der Waals surface area contributed by atoms with Crippen LogP contribution in [-0.4, -0.2) is 22.2 Å². The van der Waals surface area contributed by atoms with Crippen LogP contribution in [0.4, 0.5) is 13.2 Å². The van der Waals surface area contributed by atoms with Gasteiger partial charge in [0.05, 0.1) is 10.7 Å². The molecular formula is C19H21ClF3N3O. The molecule has 146 valence electrons.